The molecule has 2 aromatic rings. The van der Waals surface area contributed by atoms with Crippen LogP contribution in [0.5, 0.6) is 0 Å². The van der Waals surface area contributed by atoms with Gasteiger partial charge in [0.2, 0.25) is 0 Å². The van der Waals surface area contributed by atoms with Crippen LogP contribution < -0.4 is 5.32 Å². The molecule has 1 aliphatic rings. The van der Waals surface area contributed by atoms with Gasteiger partial charge in [0, 0.05) is 29.1 Å². The molecule has 0 spiro atoms. The number of nitrogens with zero attached hydrogens (tertiary/aromatic N) is 1. The van der Waals surface area contributed by atoms with E-state index in [4.69, 9.17) is 0 Å². The van der Waals surface area contributed by atoms with Gasteiger partial charge in [-0.1, -0.05) is 31.2 Å². The van der Waals surface area contributed by atoms with Gasteiger partial charge >= 0.3 is 0 Å². The maximum atomic E-state index is 4.46. The Morgan fingerprint density at radius 3 is 3.05 bits per heavy atom. The number of pyridine rings is 1. The lowest BCUT2D eigenvalue weighted by Gasteiger charge is -2.25. The van der Waals surface area contributed by atoms with Gasteiger partial charge in [-0.3, -0.25) is 4.98 Å². The first-order valence-corrected chi connectivity index (χ1v) is 8.62. The van der Waals surface area contributed by atoms with Crippen LogP contribution in [0.2, 0.25) is 0 Å². The first-order chi connectivity index (χ1) is 9.90. The SMILES string of the molecule is CCCNC(c1cncc2ccccc12)C1CCCS1. The molecule has 20 heavy (non-hydrogen) atoms. The van der Waals surface area contributed by atoms with E-state index >= 15 is 0 Å². The number of aromatic nitrogens is 1. The number of nitrogens with one attached hydrogen (secondary N) is 1. The lowest BCUT2D eigenvalue weighted by molar-refractivity contribution is 0.505. The van der Waals surface area contributed by atoms with Crippen LogP contribution in [-0.2, 0) is 0 Å². The Bertz CT molecular complexity index is 558. The van der Waals surface area contributed by atoms with E-state index in [0.717, 1.165) is 6.54 Å². The molecule has 0 amide bonds. The third-order valence-corrected chi connectivity index (χ3v) is 5.45. The van der Waals surface area contributed by atoms with Gasteiger partial charge in [0.15, 0.2) is 0 Å². The number of rotatable bonds is 5. The maximum absolute atomic E-state index is 4.46. The summed E-state index contributed by atoms with van der Waals surface area (Å²) in [6.07, 6.45) is 7.87. The number of benzene rings is 1. The molecule has 2 atom stereocenters. The van der Waals surface area contributed by atoms with E-state index in [9.17, 15) is 0 Å². The molecule has 1 aromatic carbocycles. The van der Waals surface area contributed by atoms with Crippen LogP contribution in [0.25, 0.3) is 10.8 Å². The highest BCUT2D eigenvalue weighted by atomic mass is 32.2. The van der Waals surface area contributed by atoms with Crippen molar-refractivity contribution in [3.8, 4) is 0 Å². The monoisotopic (exact) mass is 286 g/mol. The Kier molecular flexibility index (Phi) is 4.58. The van der Waals surface area contributed by atoms with Gasteiger partial charge in [0.1, 0.15) is 0 Å². The van der Waals surface area contributed by atoms with Gasteiger partial charge in [-0.25, -0.2) is 0 Å². The first-order valence-electron chi connectivity index (χ1n) is 7.58. The van der Waals surface area contributed by atoms with Crippen LogP contribution in [0, 0.1) is 0 Å². The molecule has 0 aliphatic carbocycles. The van der Waals surface area contributed by atoms with Gasteiger partial charge < -0.3 is 5.32 Å². The standard InChI is InChI=1S/C17H22N2S/c1-2-9-19-17(16-8-5-10-20-16)15-12-18-11-13-6-3-4-7-14(13)15/h3-4,6-7,11-12,16-17,19H,2,5,8-10H2,1H3. The molecule has 106 valence electrons. The van der Waals surface area contributed by atoms with Crippen molar-refractivity contribution in [3.05, 3.63) is 42.2 Å². The zero-order valence-corrected chi connectivity index (χ0v) is 12.8. The van der Waals surface area contributed by atoms with Crippen molar-refractivity contribution in [1.29, 1.82) is 0 Å². The Morgan fingerprint density at radius 2 is 2.25 bits per heavy atom. The van der Waals surface area contributed by atoms with Crippen molar-refractivity contribution in [2.24, 2.45) is 0 Å². The van der Waals surface area contributed by atoms with Crippen molar-refractivity contribution in [1.82, 2.24) is 10.3 Å². The van der Waals surface area contributed by atoms with E-state index in [2.05, 4.69) is 59.4 Å². The van der Waals surface area contributed by atoms with E-state index in [-0.39, 0.29) is 0 Å². The van der Waals surface area contributed by atoms with Crippen LogP contribution >= 0.6 is 11.8 Å². The average molecular weight is 286 g/mol. The molecule has 1 aromatic heterocycles. The summed E-state index contributed by atoms with van der Waals surface area (Å²) in [5.74, 6) is 1.30. The molecule has 1 fully saturated rings. The highest BCUT2D eigenvalue weighted by Gasteiger charge is 2.27. The van der Waals surface area contributed by atoms with E-state index < -0.39 is 0 Å². The van der Waals surface area contributed by atoms with Crippen molar-refractivity contribution in [2.75, 3.05) is 12.3 Å². The number of thioether (sulfide) groups is 1. The van der Waals surface area contributed by atoms with E-state index in [1.165, 1.54) is 41.4 Å². The molecule has 0 saturated carbocycles. The summed E-state index contributed by atoms with van der Waals surface area (Å²) in [4.78, 5) is 4.46. The molecule has 3 rings (SSSR count). The van der Waals surface area contributed by atoms with Crippen LogP contribution in [0.15, 0.2) is 36.7 Å². The van der Waals surface area contributed by atoms with Gasteiger partial charge in [-0.05, 0) is 42.5 Å². The van der Waals surface area contributed by atoms with Gasteiger partial charge in [0.25, 0.3) is 0 Å². The summed E-state index contributed by atoms with van der Waals surface area (Å²) >= 11 is 2.11. The largest absolute Gasteiger partial charge is 0.309 e. The molecule has 1 N–H and O–H groups in total. The van der Waals surface area contributed by atoms with Gasteiger partial charge in [-0.2, -0.15) is 11.8 Å². The molecule has 2 heterocycles. The fraction of sp³-hybridized carbons (Fsp3) is 0.471. The summed E-state index contributed by atoms with van der Waals surface area (Å²) in [5.41, 5.74) is 1.37. The minimum absolute atomic E-state index is 0.432. The van der Waals surface area contributed by atoms with Crippen LogP contribution in [0.3, 0.4) is 0 Å². The fourth-order valence-electron chi connectivity index (χ4n) is 2.99. The number of hydrogen-bond donors (Lipinski definition) is 1. The van der Waals surface area contributed by atoms with Crippen molar-refractivity contribution in [3.63, 3.8) is 0 Å². The topological polar surface area (TPSA) is 24.9 Å². The Morgan fingerprint density at radius 1 is 1.35 bits per heavy atom. The van der Waals surface area contributed by atoms with E-state index in [1.807, 2.05) is 6.20 Å². The average Bonchev–Trinajstić information content (AvgIpc) is 3.02. The Balaban J connectivity index is 1.99. The summed E-state index contributed by atoms with van der Waals surface area (Å²) in [6, 6.07) is 9.04. The van der Waals surface area contributed by atoms with Crippen LogP contribution in [0.4, 0.5) is 0 Å². The first kappa shape index (κ1) is 13.9. The predicted molar refractivity (Wildman–Crippen MR) is 88.3 cm³/mol. The lowest BCUT2D eigenvalue weighted by atomic mass is 9.97. The molecule has 1 saturated heterocycles. The smallest absolute Gasteiger partial charge is 0.0462 e. The molecule has 2 unspecified atom stereocenters. The minimum atomic E-state index is 0.432. The summed E-state index contributed by atoms with van der Waals surface area (Å²) in [7, 11) is 0. The second-order valence-corrected chi connectivity index (χ2v) is 6.78. The highest BCUT2D eigenvalue weighted by Crippen LogP contribution is 2.37. The fourth-order valence-corrected chi connectivity index (χ4v) is 4.40. The third kappa shape index (κ3) is 2.84. The zero-order chi connectivity index (χ0) is 13.8. The van der Waals surface area contributed by atoms with E-state index in [0.29, 0.717) is 11.3 Å². The maximum Gasteiger partial charge on any atom is 0.0462 e. The van der Waals surface area contributed by atoms with E-state index in [1.54, 1.807) is 0 Å². The number of fused-ring (bicyclic) bond motifs is 1. The molecule has 3 heteroatoms. The normalized spacial score (nSPS) is 20.4. The zero-order valence-electron chi connectivity index (χ0n) is 12.0. The molecule has 0 bridgehead atoms. The van der Waals surface area contributed by atoms with Crippen molar-refractivity contribution >= 4 is 22.5 Å². The Labute approximate surface area is 125 Å². The number of hydrogen-bond acceptors (Lipinski definition) is 3. The molecule has 1 aliphatic heterocycles. The second-order valence-electron chi connectivity index (χ2n) is 5.43. The summed E-state index contributed by atoms with van der Waals surface area (Å²) in [5, 5.41) is 7.05. The summed E-state index contributed by atoms with van der Waals surface area (Å²) < 4.78 is 0. The summed E-state index contributed by atoms with van der Waals surface area (Å²) in [6.45, 7) is 3.30. The Hall–Kier alpha value is -1.06. The van der Waals surface area contributed by atoms with Crippen molar-refractivity contribution in [2.45, 2.75) is 37.5 Å². The van der Waals surface area contributed by atoms with Crippen molar-refractivity contribution < 1.29 is 0 Å². The van der Waals surface area contributed by atoms with Crippen LogP contribution in [-0.4, -0.2) is 22.5 Å². The lowest BCUT2D eigenvalue weighted by Crippen LogP contribution is -2.30. The quantitative estimate of drug-likeness (QED) is 0.893. The molecular formula is C17H22N2S. The second kappa shape index (κ2) is 6.59. The molecular weight excluding hydrogens is 264 g/mol. The minimum Gasteiger partial charge on any atom is -0.309 e. The molecule has 2 nitrogen and oxygen atoms in total. The van der Waals surface area contributed by atoms with Gasteiger partial charge in [-0.15, -0.1) is 0 Å². The molecule has 0 radical (unpaired) electrons. The highest BCUT2D eigenvalue weighted by molar-refractivity contribution is 8.00. The van der Waals surface area contributed by atoms with Crippen LogP contribution in [0.1, 0.15) is 37.8 Å². The van der Waals surface area contributed by atoms with Gasteiger partial charge in [0.05, 0.1) is 0 Å². The third-order valence-electron chi connectivity index (χ3n) is 3.99. The predicted octanol–water partition coefficient (Wildman–Crippen LogP) is 4.17.